The number of halogens is 1. The van der Waals surface area contributed by atoms with E-state index in [0.717, 1.165) is 0 Å². The fourth-order valence-electron chi connectivity index (χ4n) is 1.80. The van der Waals surface area contributed by atoms with E-state index in [9.17, 15) is 9.90 Å². The fraction of sp³-hybridized carbons (Fsp3) is 0.0769. The molecule has 0 saturated heterocycles. The maximum absolute atomic E-state index is 11.8. The second-order valence-electron chi connectivity index (χ2n) is 3.91. The van der Waals surface area contributed by atoms with Crippen LogP contribution in [0, 0.1) is 11.3 Å². The zero-order valence-electron chi connectivity index (χ0n) is 10.4. The van der Waals surface area contributed by atoms with Crippen molar-refractivity contribution in [1.29, 1.82) is 5.26 Å². The number of phenols is 1. The van der Waals surface area contributed by atoms with Crippen LogP contribution in [0.4, 0.5) is 5.69 Å². The monoisotopic (exact) mass is 291 g/mol. The van der Waals surface area contributed by atoms with Crippen LogP contribution in [0.1, 0.15) is 16.1 Å². The summed E-state index contributed by atoms with van der Waals surface area (Å²) in [7, 11) is 1.20. The third kappa shape index (κ3) is 2.15. The molecule has 0 aliphatic rings. The molecule has 0 fully saturated rings. The van der Waals surface area contributed by atoms with Crippen LogP contribution in [0.25, 0.3) is 5.69 Å². The molecule has 20 heavy (non-hydrogen) atoms. The summed E-state index contributed by atoms with van der Waals surface area (Å²) in [5.74, 6) is -0.861. The van der Waals surface area contributed by atoms with Crippen LogP contribution in [-0.4, -0.2) is 22.8 Å². The SMILES string of the molecule is COC(=O)c1c(N)c(C#N)cn1-c1ccc(Cl)cc1O. The maximum atomic E-state index is 11.8. The lowest BCUT2D eigenvalue weighted by molar-refractivity contribution is 0.0593. The first-order valence-corrected chi connectivity index (χ1v) is 5.85. The number of carbonyl (C=O) groups excluding carboxylic acids is 1. The van der Waals surface area contributed by atoms with E-state index < -0.39 is 5.97 Å². The highest BCUT2D eigenvalue weighted by atomic mass is 35.5. The number of aromatic nitrogens is 1. The summed E-state index contributed by atoms with van der Waals surface area (Å²) in [4.78, 5) is 11.8. The summed E-state index contributed by atoms with van der Waals surface area (Å²) in [6.07, 6.45) is 1.35. The lowest BCUT2D eigenvalue weighted by atomic mass is 10.2. The number of benzene rings is 1. The molecule has 0 aliphatic carbocycles. The summed E-state index contributed by atoms with van der Waals surface area (Å²) in [6, 6.07) is 6.24. The van der Waals surface area contributed by atoms with E-state index in [-0.39, 0.29) is 28.4 Å². The molecule has 7 heteroatoms. The van der Waals surface area contributed by atoms with Crippen LogP contribution in [0.15, 0.2) is 24.4 Å². The summed E-state index contributed by atoms with van der Waals surface area (Å²) >= 11 is 5.76. The normalized spacial score (nSPS) is 10.1. The van der Waals surface area contributed by atoms with Crippen molar-refractivity contribution in [3.63, 3.8) is 0 Å². The van der Waals surface area contributed by atoms with E-state index in [2.05, 4.69) is 4.74 Å². The molecule has 0 amide bonds. The average molecular weight is 292 g/mol. The number of anilines is 1. The highest BCUT2D eigenvalue weighted by Gasteiger charge is 2.22. The Balaban J connectivity index is 2.74. The molecular weight excluding hydrogens is 282 g/mol. The van der Waals surface area contributed by atoms with Crippen LogP contribution < -0.4 is 5.73 Å². The van der Waals surface area contributed by atoms with E-state index in [4.69, 9.17) is 22.6 Å². The van der Waals surface area contributed by atoms with Gasteiger partial charge in [-0.2, -0.15) is 5.26 Å². The Morgan fingerprint density at radius 3 is 2.80 bits per heavy atom. The smallest absolute Gasteiger partial charge is 0.357 e. The number of ether oxygens (including phenoxy) is 1. The molecule has 3 N–H and O–H groups in total. The molecule has 0 atom stereocenters. The van der Waals surface area contributed by atoms with Gasteiger partial charge in [-0.1, -0.05) is 11.6 Å². The summed E-state index contributed by atoms with van der Waals surface area (Å²) in [5, 5.41) is 19.2. The lowest BCUT2D eigenvalue weighted by Gasteiger charge is -2.10. The van der Waals surface area contributed by atoms with Gasteiger partial charge in [0.05, 0.1) is 24.0 Å². The predicted molar refractivity (Wildman–Crippen MR) is 72.9 cm³/mol. The van der Waals surface area contributed by atoms with Gasteiger partial charge in [-0.05, 0) is 12.1 Å². The van der Waals surface area contributed by atoms with Crippen molar-refractivity contribution in [2.24, 2.45) is 0 Å². The van der Waals surface area contributed by atoms with Crippen molar-refractivity contribution in [2.45, 2.75) is 0 Å². The zero-order valence-corrected chi connectivity index (χ0v) is 11.2. The van der Waals surface area contributed by atoms with Crippen molar-refractivity contribution >= 4 is 23.3 Å². The van der Waals surface area contributed by atoms with E-state index in [1.54, 1.807) is 6.07 Å². The van der Waals surface area contributed by atoms with E-state index in [0.29, 0.717) is 5.02 Å². The number of nitrogen functional groups attached to an aromatic ring is 1. The number of aromatic hydroxyl groups is 1. The van der Waals surface area contributed by atoms with E-state index in [1.807, 2.05) is 6.07 Å². The van der Waals surface area contributed by atoms with Crippen molar-refractivity contribution < 1.29 is 14.6 Å². The molecule has 1 heterocycles. The first-order valence-electron chi connectivity index (χ1n) is 5.47. The van der Waals surface area contributed by atoms with Gasteiger partial charge in [-0.3, -0.25) is 0 Å². The molecule has 0 unspecified atom stereocenters. The molecule has 2 aromatic rings. The van der Waals surface area contributed by atoms with Gasteiger partial charge in [0.2, 0.25) is 0 Å². The van der Waals surface area contributed by atoms with Crippen LogP contribution in [-0.2, 0) is 4.74 Å². The van der Waals surface area contributed by atoms with Gasteiger partial charge < -0.3 is 20.1 Å². The number of nitrogens with zero attached hydrogens (tertiary/aromatic N) is 2. The van der Waals surface area contributed by atoms with Crippen LogP contribution >= 0.6 is 11.6 Å². The Labute approximate surface area is 119 Å². The second kappa shape index (κ2) is 5.15. The number of methoxy groups -OCH3 is 1. The molecule has 1 aromatic carbocycles. The van der Waals surface area contributed by atoms with Crippen LogP contribution in [0.3, 0.4) is 0 Å². The topological polar surface area (TPSA) is 101 Å². The summed E-state index contributed by atoms with van der Waals surface area (Å²) in [5.41, 5.74) is 6.10. The number of rotatable bonds is 2. The predicted octanol–water partition coefficient (Wildman–Crippen LogP) is 2.08. The minimum atomic E-state index is -0.710. The number of hydrogen-bond donors (Lipinski definition) is 2. The van der Waals surface area contributed by atoms with Gasteiger partial charge in [0.25, 0.3) is 0 Å². The Morgan fingerprint density at radius 1 is 1.55 bits per heavy atom. The largest absolute Gasteiger partial charge is 0.506 e. The van der Waals surface area contributed by atoms with Gasteiger partial charge in [-0.25, -0.2) is 4.79 Å². The lowest BCUT2D eigenvalue weighted by Crippen LogP contribution is -2.11. The molecule has 0 radical (unpaired) electrons. The Kier molecular flexibility index (Phi) is 3.55. The van der Waals surface area contributed by atoms with Crippen molar-refractivity contribution in [3.8, 4) is 17.5 Å². The number of nitriles is 1. The number of nitrogens with two attached hydrogens (primary N) is 1. The second-order valence-corrected chi connectivity index (χ2v) is 4.35. The third-order valence-corrected chi connectivity index (χ3v) is 2.98. The molecule has 0 saturated carbocycles. The molecule has 6 nitrogen and oxygen atoms in total. The van der Waals surface area contributed by atoms with Gasteiger partial charge in [0.1, 0.15) is 11.8 Å². The van der Waals surface area contributed by atoms with Gasteiger partial charge >= 0.3 is 5.97 Å². The first-order chi connectivity index (χ1) is 9.49. The minimum absolute atomic E-state index is 0.00583. The van der Waals surface area contributed by atoms with Crippen LogP contribution in [0.2, 0.25) is 5.02 Å². The third-order valence-electron chi connectivity index (χ3n) is 2.74. The van der Waals surface area contributed by atoms with E-state index >= 15 is 0 Å². The highest BCUT2D eigenvalue weighted by molar-refractivity contribution is 6.30. The quantitative estimate of drug-likeness (QED) is 0.825. The standard InChI is InChI=1S/C13H10ClN3O3/c1-20-13(19)12-11(16)7(5-15)6-17(12)9-3-2-8(14)4-10(9)18/h2-4,6,18H,16H2,1H3. The van der Waals surface area contributed by atoms with Crippen molar-refractivity contribution in [3.05, 3.63) is 40.7 Å². The number of esters is 1. The minimum Gasteiger partial charge on any atom is -0.506 e. The average Bonchev–Trinajstić information content (AvgIpc) is 2.74. The van der Waals surface area contributed by atoms with Gasteiger partial charge in [0.15, 0.2) is 5.69 Å². The van der Waals surface area contributed by atoms with Crippen LogP contribution in [0.5, 0.6) is 5.75 Å². The fourth-order valence-corrected chi connectivity index (χ4v) is 1.97. The first kappa shape index (κ1) is 13.8. The summed E-state index contributed by atoms with van der Waals surface area (Å²) < 4.78 is 5.94. The molecule has 0 bridgehead atoms. The van der Waals surface area contributed by atoms with E-state index in [1.165, 1.54) is 30.0 Å². The molecule has 102 valence electrons. The Morgan fingerprint density at radius 2 is 2.25 bits per heavy atom. The molecule has 2 rings (SSSR count). The molecule has 0 aliphatic heterocycles. The Hall–Kier alpha value is -2.65. The number of phenolic OH excluding ortho intramolecular Hbond substituents is 1. The van der Waals surface area contributed by atoms with Crippen molar-refractivity contribution in [1.82, 2.24) is 4.57 Å². The van der Waals surface area contributed by atoms with Gasteiger partial charge in [0, 0.05) is 17.3 Å². The Bertz CT molecular complexity index is 731. The molecular formula is C13H10ClN3O3. The summed E-state index contributed by atoms with van der Waals surface area (Å²) in [6.45, 7) is 0. The number of carbonyl (C=O) groups is 1. The maximum Gasteiger partial charge on any atom is 0.357 e. The zero-order chi connectivity index (χ0) is 14.9. The van der Waals surface area contributed by atoms with Gasteiger partial charge in [-0.15, -0.1) is 0 Å². The molecule has 1 aromatic heterocycles. The van der Waals surface area contributed by atoms with Crippen molar-refractivity contribution in [2.75, 3.05) is 12.8 Å². The molecule has 0 spiro atoms. The number of hydrogen-bond acceptors (Lipinski definition) is 5. The highest BCUT2D eigenvalue weighted by Crippen LogP contribution is 2.31.